The number of rotatable bonds is 10. The molecule has 52 heavy (non-hydrogen) atoms. The molecule has 1 aromatic carbocycles. The number of hydrogen-bond donors (Lipinski definition) is 1. The van der Waals surface area contributed by atoms with Gasteiger partial charge in [0.15, 0.2) is 11.9 Å². The molecule has 4 rings (SSSR count). The molecule has 11 nitrogen and oxygen atoms in total. The van der Waals surface area contributed by atoms with E-state index in [0.29, 0.717) is 32.2 Å². The van der Waals surface area contributed by atoms with Gasteiger partial charge in [-0.1, -0.05) is 65.0 Å². The van der Waals surface area contributed by atoms with E-state index in [1.165, 1.54) is 5.56 Å². The number of nitrogens with zero attached hydrogens (tertiary/aromatic N) is 2. The molecular weight excluding hydrogens is 664 g/mol. The van der Waals surface area contributed by atoms with Crippen LogP contribution in [0.2, 0.25) is 0 Å². The van der Waals surface area contributed by atoms with Gasteiger partial charge in [-0.05, 0) is 91.3 Å². The number of amides is 1. The Hall–Kier alpha value is -2.57. The lowest BCUT2D eigenvalue weighted by Gasteiger charge is -2.47. The number of cyclic esters (lactones) is 1. The van der Waals surface area contributed by atoms with Crippen LogP contribution in [0.1, 0.15) is 99.5 Å². The molecule has 0 saturated carbocycles. The van der Waals surface area contributed by atoms with Crippen molar-refractivity contribution in [2.45, 2.75) is 154 Å². The van der Waals surface area contributed by atoms with E-state index in [2.05, 4.69) is 12.1 Å². The Morgan fingerprint density at radius 3 is 2.27 bits per heavy atom. The minimum atomic E-state index is -1.24. The largest absolute Gasteiger partial charge is 0.458 e. The third kappa shape index (κ3) is 9.20. The van der Waals surface area contributed by atoms with Crippen LogP contribution in [0.15, 0.2) is 30.3 Å². The van der Waals surface area contributed by atoms with Crippen molar-refractivity contribution in [3.8, 4) is 0 Å². The summed E-state index contributed by atoms with van der Waals surface area (Å²) in [5.41, 5.74) is -1.02. The fraction of sp³-hybridized carbons (Fsp3) is 0.780. The lowest BCUT2D eigenvalue weighted by atomic mass is 9.73. The molecule has 0 aromatic heterocycles. The highest BCUT2D eigenvalue weighted by atomic mass is 16.7. The highest BCUT2D eigenvalue weighted by Gasteiger charge is 2.60. The second kappa shape index (κ2) is 17.7. The first-order valence-corrected chi connectivity index (χ1v) is 19.5. The molecule has 0 bridgehead atoms. The lowest BCUT2D eigenvalue weighted by Crippen LogP contribution is -2.59. The van der Waals surface area contributed by atoms with Gasteiger partial charge in [-0.15, -0.1) is 0 Å². The second-order valence-electron chi connectivity index (χ2n) is 16.5. The van der Waals surface area contributed by atoms with Gasteiger partial charge in [0.1, 0.15) is 18.0 Å². The molecule has 1 amide bonds. The first kappa shape index (κ1) is 42.2. The molecule has 3 fully saturated rings. The standard InChI is InChI=1S/C41H66N2O9/c1-12-32-41(8)35(43(39(47)52-41)21-17-16-20-30-18-14-13-15-19-30)29(6)33(44)27(4)24-40(7,48-11)36(25(2)22-26(3)37(46)50-32)51-38-34(45)31(42(9)10)23-28(5)49-38/h13-15,18-19,25-29,31-32,34-36,38,45H,12,16-17,20-24H2,1-11H3/t25-,26+,27+,28+,29+,31-,32-,34+,35+,36+,38-,40-,41+/m0/s1. The van der Waals surface area contributed by atoms with E-state index in [9.17, 15) is 19.5 Å². The summed E-state index contributed by atoms with van der Waals surface area (Å²) in [7, 11) is 5.46. The zero-order valence-corrected chi connectivity index (χ0v) is 33.5. The number of fused-ring (bicyclic) bond motifs is 1. The van der Waals surface area contributed by atoms with E-state index in [0.717, 1.165) is 19.3 Å². The number of ether oxygens (including phenoxy) is 5. The minimum absolute atomic E-state index is 0.0414. The zero-order valence-electron chi connectivity index (χ0n) is 33.5. The van der Waals surface area contributed by atoms with Crippen molar-refractivity contribution in [3.05, 3.63) is 35.9 Å². The van der Waals surface area contributed by atoms with E-state index in [4.69, 9.17) is 23.7 Å². The highest BCUT2D eigenvalue weighted by molar-refractivity contribution is 5.85. The number of ketones is 1. The Labute approximate surface area is 312 Å². The first-order valence-electron chi connectivity index (χ1n) is 19.5. The fourth-order valence-electron chi connectivity index (χ4n) is 9.19. The number of Topliss-reactive ketones (excluding diaryl/α,β-unsaturated/α-hetero) is 1. The van der Waals surface area contributed by atoms with Gasteiger partial charge in [0.05, 0.1) is 29.8 Å². The number of aryl methyl sites for hydroxylation is 1. The van der Waals surface area contributed by atoms with Crippen LogP contribution < -0.4 is 0 Å². The van der Waals surface area contributed by atoms with Gasteiger partial charge in [-0.3, -0.25) is 9.59 Å². The number of aliphatic hydroxyl groups excluding tert-OH is 1. The molecule has 3 aliphatic rings. The molecule has 294 valence electrons. The summed E-state index contributed by atoms with van der Waals surface area (Å²) in [5.74, 6) is -2.38. The number of esters is 1. The number of hydrogen-bond acceptors (Lipinski definition) is 10. The van der Waals surface area contributed by atoms with Gasteiger partial charge in [0.25, 0.3) is 0 Å². The molecule has 0 unspecified atom stereocenters. The maximum absolute atomic E-state index is 14.6. The van der Waals surface area contributed by atoms with E-state index in [1.807, 2.05) is 92.6 Å². The molecule has 0 aliphatic carbocycles. The van der Waals surface area contributed by atoms with Crippen LogP contribution in [0.4, 0.5) is 4.79 Å². The third-order valence-corrected chi connectivity index (χ3v) is 12.1. The smallest absolute Gasteiger partial charge is 0.410 e. The number of aliphatic hydroxyl groups is 1. The van der Waals surface area contributed by atoms with Gasteiger partial charge >= 0.3 is 12.1 Å². The summed E-state index contributed by atoms with van der Waals surface area (Å²) >= 11 is 0. The molecule has 13 atom stereocenters. The molecule has 0 radical (unpaired) electrons. The number of methoxy groups -OCH3 is 1. The molecule has 0 spiro atoms. The average Bonchev–Trinajstić information content (AvgIpc) is 3.36. The monoisotopic (exact) mass is 730 g/mol. The van der Waals surface area contributed by atoms with Gasteiger partial charge in [-0.2, -0.15) is 0 Å². The molecule has 1 N–H and O–H groups in total. The molecular formula is C41H66N2O9. The average molecular weight is 731 g/mol. The molecule has 3 aliphatic heterocycles. The normalized spacial score (nSPS) is 39.5. The molecule has 3 heterocycles. The Balaban J connectivity index is 1.68. The van der Waals surface area contributed by atoms with Gasteiger partial charge < -0.3 is 38.6 Å². The topological polar surface area (TPSA) is 124 Å². The van der Waals surface area contributed by atoms with Crippen molar-refractivity contribution >= 4 is 17.8 Å². The van der Waals surface area contributed by atoms with E-state index < -0.39 is 71.7 Å². The summed E-state index contributed by atoms with van der Waals surface area (Å²) in [6.07, 6.45) is 0.284. The maximum Gasteiger partial charge on any atom is 0.410 e. The van der Waals surface area contributed by atoms with Crippen LogP contribution >= 0.6 is 0 Å². The number of benzene rings is 1. The van der Waals surface area contributed by atoms with Crippen LogP contribution in [-0.4, -0.2) is 114 Å². The minimum Gasteiger partial charge on any atom is -0.458 e. The fourth-order valence-corrected chi connectivity index (χ4v) is 9.19. The third-order valence-electron chi connectivity index (χ3n) is 12.1. The van der Waals surface area contributed by atoms with E-state index in [-0.39, 0.29) is 23.8 Å². The number of unbranched alkanes of at least 4 members (excludes halogenated alkanes) is 1. The molecule has 3 saturated heterocycles. The summed E-state index contributed by atoms with van der Waals surface area (Å²) in [6.45, 7) is 15.6. The lowest BCUT2D eigenvalue weighted by molar-refractivity contribution is -0.297. The maximum atomic E-state index is 14.6. The van der Waals surface area contributed by atoms with Crippen LogP contribution in [0, 0.1) is 23.7 Å². The number of likely N-dealkylation sites (N-methyl/N-ethyl adjacent to an activating group) is 1. The number of carbonyl (C=O) groups is 3. The predicted molar refractivity (Wildman–Crippen MR) is 199 cm³/mol. The van der Waals surface area contributed by atoms with Crippen molar-refractivity contribution in [2.75, 3.05) is 27.7 Å². The predicted octanol–water partition coefficient (Wildman–Crippen LogP) is 6.03. The Bertz CT molecular complexity index is 1340. The highest BCUT2D eigenvalue weighted by Crippen LogP contribution is 2.43. The van der Waals surface area contributed by atoms with Gasteiger partial charge in [0, 0.05) is 31.5 Å². The Morgan fingerprint density at radius 2 is 1.65 bits per heavy atom. The Kier molecular flexibility index (Phi) is 14.4. The van der Waals surface area contributed by atoms with Crippen LogP contribution in [0.5, 0.6) is 0 Å². The van der Waals surface area contributed by atoms with Crippen LogP contribution in [0.3, 0.4) is 0 Å². The first-order chi connectivity index (χ1) is 24.5. The van der Waals surface area contributed by atoms with Crippen molar-refractivity contribution in [1.29, 1.82) is 0 Å². The summed E-state index contributed by atoms with van der Waals surface area (Å²) in [5, 5.41) is 11.4. The SMILES string of the molecule is CC[C@@H]1OC(=O)[C@H](C)C[C@H](C)[C@@H](O[C@@H]2O[C@H](C)C[C@H](N(C)C)[C@H]2O)[C@@](C)(OC)C[C@@H](C)C(=O)[C@@H](C)[C@H]2N(CCCCc3ccccc3)C(=O)O[C@]12C. The molecule has 1 aromatic rings. The second-order valence-corrected chi connectivity index (χ2v) is 16.5. The summed E-state index contributed by atoms with van der Waals surface area (Å²) in [6, 6.07) is 9.39. The van der Waals surface area contributed by atoms with Crippen molar-refractivity contribution in [2.24, 2.45) is 23.7 Å². The molecule has 11 heteroatoms. The zero-order chi connectivity index (χ0) is 38.5. The van der Waals surface area contributed by atoms with Gasteiger partial charge in [-0.25, -0.2) is 4.79 Å². The number of carbonyl (C=O) groups excluding carboxylic acids is 3. The van der Waals surface area contributed by atoms with E-state index in [1.54, 1.807) is 12.0 Å². The van der Waals surface area contributed by atoms with Crippen LogP contribution in [0.25, 0.3) is 0 Å². The van der Waals surface area contributed by atoms with Crippen LogP contribution in [-0.2, 0) is 39.7 Å². The summed E-state index contributed by atoms with van der Waals surface area (Å²) < 4.78 is 31.7. The summed E-state index contributed by atoms with van der Waals surface area (Å²) in [4.78, 5) is 45.9. The van der Waals surface area contributed by atoms with Crippen molar-refractivity contribution in [1.82, 2.24) is 9.80 Å². The quantitative estimate of drug-likeness (QED) is 0.225. The van der Waals surface area contributed by atoms with Crippen molar-refractivity contribution in [3.63, 3.8) is 0 Å². The van der Waals surface area contributed by atoms with Crippen molar-refractivity contribution < 1.29 is 43.2 Å². The van der Waals surface area contributed by atoms with E-state index >= 15 is 0 Å². The Morgan fingerprint density at radius 1 is 0.981 bits per heavy atom. The van der Waals surface area contributed by atoms with Gasteiger partial charge in [0.2, 0.25) is 0 Å².